The maximum Gasteiger partial charge on any atom is 0.233 e. The zero-order chi connectivity index (χ0) is 32.5. The predicted molar refractivity (Wildman–Crippen MR) is 170 cm³/mol. The van der Waals surface area contributed by atoms with E-state index in [2.05, 4.69) is 0 Å². The second kappa shape index (κ2) is 13.3. The van der Waals surface area contributed by atoms with E-state index in [-0.39, 0.29) is 24.7 Å². The van der Waals surface area contributed by atoms with Crippen LogP contribution >= 0.6 is 0 Å². The van der Waals surface area contributed by atoms with Crippen molar-refractivity contribution in [2.24, 2.45) is 11.8 Å². The molecule has 1 amide bonds. The van der Waals surface area contributed by atoms with E-state index in [4.69, 9.17) is 0 Å². The molecule has 4 aromatic rings. The van der Waals surface area contributed by atoms with Gasteiger partial charge in [-0.1, -0.05) is 66.7 Å². The summed E-state index contributed by atoms with van der Waals surface area (Å²) in [6.45, 7) is -0.296. The lowest BCUT2D eigenvalue weighted by Gasteiger charge is -2.48. The van der Waals surface area contributed by atoms with Crippen LogP contribution in [-0.2, 0) is 4.79 Å². The fourth-order valence-corrected chi connectivity index (χ4v) is 6.99. The Bertz CT molecular complexity index is 1650. The van der Waals surface area contributed by atoms with Gasteiger partial charge in [-0.3, -0.25) is 4.79 Å². The highest BCUT2D eigenvalue weighted by atomic mass is 19.1. The number of carbonyl (C=O) groups is 1. The molecule has 8 nitrogen and oxygen atoms in total. The van der Waals surface area contributed by atoms with Crippen molar-refractivity contribution in [1.82, 2.24) is 0 Å². The lowest BCUT2D eigenvalue weighted by atomic mass is 9.73. The maximum atomic E-state index is 13.5. The number of aromatic hydroxyl groups is 1. The predicted octanol–water partition coefficient (Wildman–Crippen LogP) is 4.59. The van der Waals surface area contributed by atoms with Gasteiger partial charge in [0, 0.05) is 29.7 Å². The van der Waals surface area contributed by atoms with Crippen LogP contribution in [0, 0.1) is 17.7 Å². The number of anilines is 1. The first-order valence-corrected chi connectivity index (χ1v) is 15.6. The molecule has 0 unspecified atom stereocenters. The minimum atomic E-state index is -1.36. The van der Waals surface area contributed by atoms with Crippen molar-refractivity contribution in [2.75, 3.05) is 11.5 Å². The second-order valence-electron chi connectivity index (χ2n) is 12.4. The van der Waals surface area contributed by atoms with Crippen LogP contribution in [0.15, 0.2) is 97.1 Å². The summed E-state index contributed by atoms with van der Waals surface area (Å²) in [6.07, 6.45) is -3.61. The minimum Gasteiger partial charge on any atom is -0.508 e. The largest absolute Gasteiger partial charge is 0.508 e. The monoisotopic (exact) mass is 627 g/mol. The van der Waals surface area contributed by atoms with E-state index in [0.717, 1.165) is 16.7 Å². The Labute approximate surface area is 266 Å². The third-order valence-electron chi connectivity index (χ3n) is 9.66. The first-order valence-electron chi connectivity index (χ1n) is 15.6. The molecule has 240 valence electrons. The average molecular weight is 628 g/mol. The zero-order valence-electron chi connectivity index (χ0n) is 25.1. The number of halogens is 1. The third-order valence-corrected chi connectivity index (χ3v) is 9.66. The number of aliphatic hydroxyl groups is 5. The topological polar surface area (TPSA) is 142 Å². The van der Waals surface area contributed by atoms with Gasteiger partial charge in [0.25, 0.3) is 0 Å². The summed E-state index contributed by atoms with van der Waals surface area (Å²) in [5.41, 5.74) is 4.16. The average Bonchev–Trinajstić information content (AvgIpc) is 3.07. The molecule has 6 rings (SSSR count). The number of hydrogen-bond acceptors (Lipinski definition) is 7. The van der Waals surface area contributed by atoms with E-state index in [1.807, 2.05) is 66.7 Å². The molecule has 46 heavy (non-hydrogen) atoms. The van der Waals surface area contributed by atoms with Crippen molar-refractivity contribution >= 4 is 11.6 Å². The molecule has 1 saturated carbocycles. The van der Waals surface area contributed by atoms with Gasteiger partial charge in [-0.15, -0.1) is 0 Å². The van der Waals surface area contributed by atoms with Gasteiger partial charge in [0.1, 0.15) is 17.7 Å². The number of carbonyl (C=O) groups excluding carboxylic acids is 1. The number of rotatable bonds is 9. The van der Waals surface area contributed by atoms with E-state index in [9.17, 15) is 39.8 Å². The molecule has 1 aliphatic heterocycles. The molecule has 1 saturated heterocycles. The summed E-state index contributed by atoms with van der Waals surface area (Å²) in [6, 6.07) is 27.1. The van der Waals surface area contributed by atoms with Gasteiger partial charge in [0.05, 0.1) is 30.3 Å². The normalized spacial score (nSPS) is 26.9. The number of para-hydroxylation sites is 1. The van der Waals surface area contributed by atoms with Crippen molar-refractivity contribution < 1.29 is 39.8 Å². The maximum absolute atomic E-state index is 13.5. The van der Waals surface area contributed by atoms with Gasteiger partial charge in [-0.2, -0.15) is 0 Å². The SMILES string of the molecule is O=C1[C@H](CC[C@H](O)c2ccc(F)cc2)[C@@H](c2ccc(-c3ccc([C@@H]4C[C@H](CO)[C@@H](O)[C@H](O)[C@H]4O)cc3)cc2O)N1c1ccccc1. The number of β-lactam (4-membered cyclic amide) rings is 1. The van der Waals surface area contributed by atoms with Gasteiger partial charge >= 0.3 is 0 Å². The van der Waals surface area contributed by atoms with Crippen molar-refractivity contribution in [2.45, 2.75) is 55.6 Å². The summed E-state index contributed by atoms with van der Waals surface area (Å²) in [5.74, 6) is -1.96. The Morgan fingerprint density at radius 2 is 1.50 bits per heavy atom. The van der Waals surface area contributed by atoms with Crippen LogP contribution in [0.2, 0.25) is 0 Å². The first-order chi connectivity index (χ1) is 22.2. The molecule has 9 heteroatoms. The van der Waals surface area contributed by atoms with Crippen LogP contribution in [0.1, 0.15) is 54.0 Å². The van der Waals surface area contributed by atoms with Crippen LogP contribution in [-0.4, -0.2) is 61.5 Å². The third kappa shape index (κ3) is 6.04. The molecule has 2 fully saturated rings. The smallest absolute Gasteiger partial charge is 0.233 e. The lowest BCUT2D eigenvalue weighted by Crippen LogP contribution is -2.55. The minimum absolute atomic E-state index is 0.0229. The first kappa shape index (κ1) is 31.8. The summed E-state index contributed by atoms with van der Waals surface area (Å²) in [7, 11) is 0. The van der Waals surface area contributed by atoms with E-state index < -0.39 is 54.0 Å². The Morgan fingerprint density at radius 1 is 0.826 bits per heavy atom. The second-order valence-corrected chi connectivity index (χ2v) is 12.4. The number of phenolic OH excluding ortho intramolecular Hbond substituents is 1. The zero-order valence-corrected chi connectivity index (χ0v) is 25.1. The molecular weight excluding hydrogens is 589 g/mol. The number of phenols is 1. The van der Waals surface area contributed by atoms with Crippen LogP contribution in [0.4, 0.5) is 10.1 Å². The number of amides is 1. The van der Waals surface area contributed by atoms with Gasteiger partial charge < -0.3 is 35.5 Å². The standard InChI is InChI=1S/C37H38FNO7/c38-26-13-10-23(11-14-26)31(41)17-16-29-33(39(37(29)46)27-4-2-1-3-5-27)28-15-12-24(19-32(28)42)21-6-8-22(9-7-21)30-18-25(20-40)34(43)36(45)35(30)44/h1-15,19,25,29-31,33-36,40-45H,16-18,20H2/t25-,29-,30+,31+,33-,34-,35+,36+/m1/s1. The quantitative estimate of drug-likeness (QED) is 0.149. The Kier molecular flexibility index (Phi) is 9.22. The van der Waals surface area contributed by atoms with Gasteiger partial charge in [-0.05, 0) is 71.8 Å². The van der Waals surface area contributed by atoms with E-state index in [1.54, 1.807) is 11.0 Å². The molecule has 0 bridgehead atoms. The van der Waals surface area contributed by atoms with Crippen molar-refractivity contribution in [1.29, 1.82) is 0 Å². The van der Waals surface area contributed by atoms with Gasteiger partial charge in [0.2, 0.25) is 5.91 Å². The fraction of sp³-hybridized carbons (Fsp3) is 0.324. The molecule has 0 aromatic heterocycles. The van der Waals surface area contributed by atoms with Crippen molar-refractivity contribution in [3.8, 4) is 16.9 Å². The van der Waals surface area contributed by atoms with E-state index in [0.29, 0.717) is 29.7 Å². The summed E-state index contributed by atoms with van der Waals surface area (Å²) in [5, 5.41) is 62.8. The summed E-state index contributed by atoms with van der Waals surface area (Å²) in [4.78, 5) is 15.1. The molecule has 2 aliphatic rings. The van der Waals surface area contributed by atoms with Crippen LogP contribution < -0.4 is 4.90 Å². The summed E-state index contributed by atoms with van der Waals surface area (Å²) >= 11 is 0. The van der Waals surface area contributed by atoms with Crippen LogP contribution in [0.3, 0.4) is 0 Å². The Balaban J connectivity index is 1.23. The highest BCUT2D eigenvalue weighted by molar-refractivity contribution is 6.03. The molecule has 6 N–H and O–H groups in total. The number of aliphatic hydroxyl groups excluding tert-OH is 5. The molecule has 1 heterocycles. The Morgan fingerprint density at radius 3 is 2.15 bits per heavy atom. The van der Waals surface area contributed by atoms with Gasteiger partial charge in [0.15, 0.2) is 0 Å². The van der Waals surface area contributed by atoms with Crippen molar-refractivity contribution in [3.63, 3.8) is 0 Å². The van der Waals surface area contributed by atoms with Crippen molar-refractivity contribution in [3.05, 3.63) is 120 Å². The molecular formula is C37H38FNO7. The van der Waals surface area contributed by atoms with Crippen LogP contribution in [0.5, 0.6) is 5.75 Å². The van der Waals surface area contributed by atoms with Crippen LogP contribution in [0.25, 0.3) is 11.1 Å². The summed E-state index contributed by atoms with van der Waals surface area (Å²) < 4.78 is 13.4. The Hall–Kier alpha value is -4.12. The number of benzene rings is 4. The van der Waals surface area contributed by atoms with Gasteiger partial charge in [-0.25, -0.2) is 4.39 Å². The molecule has 8 atom stereocenters. The van der Waals surface area contributed by atoms with E-state index in [1.165, 1.54) is 24.3 Å². The molecule has 1 aliphatic carbocycles. The highest BCUT2D eigenvalue weighted by Crippen LogP contribution is 2.49. The molecule has 0 spiro atoms. The molecule has 4 aromatic carbocycles. The lowest BCUT2D eigenvalue weighted by molar-refractivity contribution is -0.131. The molecule has 0 radical (unpaired) electrons. The van der Waals surface area contributed by atoms with E-state index >= 15 is 0 Å². The highest BCUT2D eigenvalue weighted by Gasteiger charge is 2.49. The number of nitrogens with zero attached hydrogens (tertiary/aromatic N) is 1. The fourth-order valence-electron chi connectivity index (χ4n) is 6.99. The number of hydrogen-bond donors (Lipinski definition) is 6.